The Hall–Kier alpha value is -2.01. The summed E-state index contributed by atoms with van der Waals surface area (Å²) in [6.45, 7) is 5.68. The molecule has 3 rings (SSSR count). The lowest BCUT2D eigenvalue weighted by molar-refractivity contribution is 0.0740. The van der Waals surface area contributed by atoms with Crippen molar-refractivity contribution in [2.45, 2.75) is 13.5 Å². The van der Waals surface area contributed by atoms with Crippen molar-refractivity contribution >= 4 is 23.2 Å². The lowest BCUT2D eigenvalue weighted by Crippen LogP contribution is -2.49. The topological polar surface area (TPSA) is 41.4 Å². The third-order valence-electron chi connectivity index (χ3n) is 3.93. The number of para-hydroxylation sites is 1. The zero-order valence-corrected chi connectivity index (χ0v) is 13.3. The first-order valence-electron chi connectivity index (χ1n) is 7.51. The van der Waals surface area contributed by atoms with Crippen molar-refractivity contribution in [1.29, 1.82) is 0 Å². The van der Waals surface area contributed by atoms with Gasteiger partial charge in [-0.15, -0.1) is 0 Å². The summed E-state index contributed by atoms with van der Waals surface area (Å²) in [6.07, 6.45) is 1.70. The lowest BCUT2D eigenvalue weighted by Gasteiger charge is -2.35. The molecular weight excluding hydrogens is 300 g/mol. The second-order valence-electron chi connectivity index (χ2n) is 5.30. The van der Waals surface area contributed by atoms with Crippen molar-refractivity contribution in [2.75, 3.05) is 31.1 Å². The number of aryl methyl sites for hydroxylation is 1. The largest absolute Gasteiger partial charge is 0.368 e. The van der Waals surface area contributed by atoms with E-state index in [2.05, 4.69) is 22.1 Å². The molecule has 6 heteroatoms. The van der Waals surface area contributed by atoms with Gasteiger partial charge in [0.1, 0.15) is 0 Å². The Bertz CT molecular complexity index is 647. The maximum atomic E-state index is 12.5. The van der Waals surface area contributed by atoms with Crippen LogP contribution in [0.25, 0.3) is 0 Å². The van der Waals surface area contributed by atoms with Crippen molar-refractivity contribution < 1.29 is 4.79 Å². The lowest BCUT2D eigenvalue weighted by atomic mass is 10.2. The van der Waals surface area contributed by atoms with Gasteiger partial charge in [-0.3, -0.25) is 9.48 Å². The highest BCUT2D eigenvalue weighted by molar-refractivity contribution is 6.33. The SMILES string of the molecule is CCn1cc(Cl)c(C(=O)N2CCN(c3ccccc3)CC2)n1. The van der Waals surface area contributed by atoms with Crippen LogP contribution in [0.5, 0.6) is 0 Å². The Morgan fingerprint density at radius 3 is 2.45 bits per heavy atom. The van der Waals surface area contributed by atoms with Gasteiger partial charge in [0.05, 0.1) is 5.02 Å². The Balaban J connectivity index is 1.66. The molecule has 0 bridgehead atoms. The number of halogens is 1. The number of hydrogen-bond donors (Lipinski definition) is 0. The Morgan fingerprint density at radius 2 is 1.86 bits per heavy atom. The molecule has 2 heterocycles. The maximum absolute atomic E-state index is 12.5. The number of carbonyl (C=O) groups is 1. The predicted octanol–water partition coefficient (Wildman–Crippen LogP) is 2.52. The van der Waals surface area contributed by atoms with Gasteiger partial charge in [-0.2, -0.15) is 5.10 Å². The van der Waals surface area contributed by atoms with Gasteiger partial charge in [0.2, 0.25) is 0 Å². The second kappa shape index (κ2) is 6.40. The second-order valence-corrected chi connectivity index (χ2v) is 5.70. The highest BCUT2D eigenvalue weighted by atomic mass is 35.5. The summed E-state index contributed by atoms with van der Waals surface area (Å²) < 4.78 is 1.69. The van der Waals surface area contributed by atoms with Crippen molar-refractivity contribution in [1.82, 2.24) is 14.7 Å². The fourth-order valence-corrected chi connectivity index (χ4v) is 2.89. The number of piperazine rings is 1. The first kappa shape index (κ1) is 14.9. The molecule has 1 aliphatic rings. The molecule has 0 unspecified atom stereocenters. The van der Waals surface area contributed by atoms with Crippen molar-refractivity contribution in [2.24, 2.45) is 0 Å². The molecule has 1 amide bonds. The number of nitrogens with zero attached hydrogens (tertiary/aromatic N) is 4. The van der Waals surface area contributed by atoms with Crippen LogP contribution in [-0.2, 0) is 6.54 Å². The van der Waals surface area contributed by atoms with Gasteiger partial charge >= 0.3 is 0 Å². The average Bonchev–Trinajstić information content (AvgIpc) is 2.96. The number of anilines is 1. The van der Waals surface area contributed by atoms with E-state index in [1.165, 1.54) is 5.69 Å². The van der Waals surface area contributed by atoms with Crippen LogP contribution < -0.4 is 4.90 Å². The number of rotatable bonds is 3. The van der Waals surface area contributed by atoms with Gasteiger partial charge in [-0.05, 0) is 19.1 Å². The Kier molecular flexibility index (Phi) is 4.34. The molecule has 22 heavy (non-hydrogen) atoms. The van der Waals surface area contributed by atoms with Crippen LogP contribution in [0.2, 0.25) is 5.02 Å². The molecule has 0 aliphatic carbocycles. The van der Waals surface area contributed by atoms with E-state index in [1.54, 1.807) is 10.9 Å². The van der Waals surface area contributed by atoms with E-state index in [9.17, 15) is 4.79 Å². The van der Waals surface area contributed by atoms with E-state index in [4.69, 9.17) is 11.6 Å². The van der Waals surface area contributed by atoms with Gasteiger partial charge < -0.3 is 9.80 Å². The van der Waals surface area contributed by atoms with E-state index < -0.39 is 0 Å². The van der Waals surface area contributed by atoms with E-state index in [-0.39, 0.29) is 5.91 Å². The fraction of sp³-hybridized carbons (Fsp3) is 0.375. The average molecular weight is 319 g/mol. The molecule has 5 nitrogen and oxygen atoms in total. The van der Waals surface area contributed by atoms with Crippen LogP contribution in [-0.4, -0.2) is 46.8 Å². The van der Waals surface area contributed by atoms with Gasteiger partial charge in [0.15, 0.2) is 5.69 Å². The summed E-state index contributed by atoms with van der Waals surface area (Å²) in [4.78, 5) is 16.7. The summed E-state index contributed by atoms with van der Waals surface area (Å²) >= 11 is 6.12. The van der Waals surface area contributed by atoms with E-state index in [0.717, 1.165) is 13.1 Å². The van der Waals surface area contributed by atoms with Crippen LogP contribution in [0.1, 0.15) is 17.4 Å². The van der Waals surface area contributed by atoms with Crippen molar-refractivity contribution in [3.05, 3.63) is 47.2 Å². The number of amides is 1. The molecule has 0 saturated carbocycles. The molecular formula is C16H19ClN4O. The van der Waals surface area contributed by atoms with E-state index in [0.29, 0.717) is 30.4 Å². The summed E-state index contributed by atoms with van der Waals surface area (Å²) in [5, 5.41) is 4.69. The Labute approximate surface area is 135 Å². The first-order chi connectivity index (χ1) is 10.7. The predicted molar refractivity (Wildman–Crippen MR) is 87.5 cm³/mol. The quantitative estimate of drug-likeness (QED) is 0.873. The molecule has 2 aromatic rings. The molecule has 1 aromatic heterocycles. The molecule has 1 aromatic carbocycles. The zero-order chi connectivity index (χ0) is 15.5. The monoisotopic (exact) mass is 318 g/mol. The third-order valence-corrected chi connectivity index (χ3v) is 4.21. The van der Waals surface area contributed by atoms with Crippen LogP contribution >= 0.6 is 11.6 Å². The van der Waals surface area contributed by atoms with E-state index >= 15 is 0 Å². The summed E-state index contributed by atoms with van der Waals surface area (Å²) in [7, 11) is 0. The minimum atomic E-state index is -0.0788. The number of aromatic nitrogens is 2. The van der Waals surface area contributed by atoms with Gasteiger partial charge in [-0.25, -0.2) is 0 Å². The molecule has 116 valence electrons. The highest BCUT2D eigenvalue weighted by Crippen LogP contribution is 2.19. The summed E-state index contributed by atoms with van der Waals surface area (Å²) in [5.74, 6) is -0.0788. The molecule has 0 N–H and O–H groups in total. The van der Waals surface area contributed by atoms with Crippen molar-refractivity contribution in [3.8, 4) is 0 Å². The smallest absolute Gasteiger partial charge is 0.276 e. The minimum absolute atomic E-state index is 0.0788. The number of hydrogen-bond acceptors (Lipinski definition) is 3. The number of benzene rings is 1. The van der Waals surface area contributed by atoms with Crippen molar-refractivity contribution in [3.63, 3.8) is 0 Å². The van der Waals surface area contributed by atoms with Crippen LogP contribution in [0.15, 0.2) is 36.5 Å². The third kappa shape index (κ3) is 2.95. The zero-order valence-electron chi connectivity index (χ0n) is 12.6. The first-order valence-corrected chi connectivity index (χ1v) is 7.89. The number of carbonyl (C=O) groups excluding carboxylic acids is 1. The fourth-order valence-electron chi connectivity index (χ4n) is 2.66. The maximum Gasteiger partial charge on any atom is 0.276 e. The Morgan fingerprint density at radius 1 is 1.18 bits per heavy atom. The highest BCUT2D eigenvalue weighted by Gasteiger charge is 2.25. The summed E-state index contributed by atoms with van der Waals surface area (Å²) in [6, 6.07) is 10.3. The molecule has 0 radical (unpaired) electrons. The van der Waals surface area contributed by atoms with Gasteiger partial charge in [0.25, 0.3) is 5.91 Å². The van der Waals surface area contributed by atoms with Crippen LogP contribution in [0, 0.1) is 0 Å². The van der Waals surface area contributed by atoms with Gasteiger partial charge in [-0.1, -0.05) is 29.8 Å². The molecule has 1 aliphatic heterocycles. The molecule has 1 saturated heterocycles. The normalized spacial score (nSPS) is 15.2. The molecule has 1 fully saturated rings. The standard InChI is InChI=1S/C16H19ClN4O/c1-2-21-12-14(17)15(18-21)16(22)20-10-8-19(9-11-20)13-6-4-3-5-7-13/h3-7,12H,2,8-11H2,1H3. The molecule has 0 spiro atoms. The summed E-state index contributed by atoms with van der Waals surface area (Å²) in [5.41, 5.74) is 1.56. The van der Waals surface area contributed by atoms with E-state index in [1.807, 2.05) is 30.0 Å². The van der Waals surface area contributed by atoms with Crippen LogP contribution in [0.3, 0.4) is 0 Å². The van der Waals surface area contributed by atoms with Gasteiger partial charge in [0, 0.05) is 44.6 Å². The minimum Gasteiger partial charge on any atom is -0.368 e. The van der Waals surface area contributed by atoms with Crippen LogP contribution in [0.4, 0.5) is 5.69 Å². The molecule has 0 atom stereocenters.